The normalized spacial score (nSPS) is 24.4. The Hall–Kier alpha value is -1.28. The van der Waals surface area contributed by atoms with Crippen LogP contribution in [0.15, 0.2) is 24.3 Å². The molecule has 8 heteroatoms. The number of hydrogen-bond donors (Lipinski definition) is 1. The zero-order chi connectivity index (χ0) is 18.8. The SMILES string of the molecule is O=S(=O)(CC(F)(F)F)NC1CCCCC1COc1ccc(C2CC2)cc1. The largest absolute Gasteiger partial charge is 0.493 e. The van der Waals surface area contributed by atoms with Gasteiger partial charge in [0, 0.05) is 12.0 Å². The van der Waals surface area contributed by atoms with Gasteiger partial charge in [0.15, 0.2) is 5.75 Å². The van der Waals surface area contributed by atoms with Crippen LogP contribution < -0.4 is 9.46 Å². The van der Waals surface area contributed by atoms with Crippen molar-refractivity contribution in [2.75, 3.05) is 12.4 Å². The van der Waals surface area contributed by atoms with E-state index in [1.807, 2.05) is 24.3 Å². The summed E-state index contributed by atoms with van der Waals surface area (Å²) in [4.78, 5) is 0. The van der Waals surface area contributed by atoms with Gasteiger partial charge in [-0.2, -0.15) is 13.2 Å². The Bertz CT molecular complexity index is 699. The van der Waals surface area contributed by atoms with E-state index < -0.39 is 28.0 Å². The summed E-state index contributed by atoms with van der Waals surface area (Å²) in [5.74, 6) is -0.603. The van der Waals surface area contributed by atoms with E-state index in [1.54, 1.807) is 0 Å². The predicted octanol–water partition coefficient (Wildman–Crippen LogP) is 3.98. The number of benzene rings is 1. The Labute approximate surface area is 152 Å². The number of halogens is 3. The summed E-state index contributed by atoms with van der Waals surface area (Å²) in [5, 5.41) is 0. The van der Waals surface area contributed by atoms with Crippen molar-refractivity contribution < 1.29 is 26.3 Å². The van der Waals surface area contributed by atoms with Crippen molar-refractivity contribution >= 4 is 10.0 Å². The van der Waals surface area contributed by atoms with Gasteiger partial charge in [0.05, 0.1) is 6.61 Å². The summed E-state index contributed by atoms with van der Waals surface area (Å²) >= 11 is 0. The first-order valence-corrected chi connectivity index (χ1v) is 10.7. The molecular formula is C18H24F3NO3S. The van der Waals surface area contributed by atoms with E-state index in [-0.39, 0.29) is 5.92 Å². The Balaban J connectivity index is 1.56. The van der Waals surface area contributed by atoms with Gasteiger partial charge in [-0.3, -0.25) is 0 Å². The highest BCUT2D eigenvalue weighted by Gasteiger charge is 2.38. The second-order valence-corrected chi connectivity index (χ2v) is 9.05. The molecule has 0 aliphatic heterocycles. The van der Waals surface area contributed by atoms with Gasteiger partial charge in [-0.05, 0) is 49.3 Å². The first-order chi connectivity index (χ1) is 12.2. The molecule has 0 heterocycles. The lowest BCUT2D eigenvalue weighted by molar-refractivity contribution is -0.106. The molecule has 0 amide bonds. The third-order valence-electron chi connectivity index (χ3n) is 4.99. The van der Waals surface area contributed by atoms with Gasteiger partial charge < -0.3 is 4.74 Å². The maximum atomic E-state index is 12.4. The van der Waals surface area contributed by atoms with Crippen LogP contribution >= 0.6 is 0 Å². The number of ether oxygens (including phenoxy) is 1. The van der Waals surface area contributed by atoms with Crippen molar-refractivity contribution in [2.45, 2.75) is 56.7 Å². The average molecular weight is 391 g/mol. The number of nitrogens with one attached hydrogen (secondary N) is 1. The summed E-state index contributed by atoms with van der Waals surface area (Å²) in [7, 11) is -4.39. The third kappa shape index (κ3) is 5.87. The molecule has 2 saturated carbocycles. The molecule has 0 spiro atoms. The van der Waals surface area contributed by atoms with E-state index in [0.29, 0.717) is 24.7 Å². The monoisotopic (exact) mass is 391 g/mol. The summed E-state index contributed by atoms with van der Waals surface area (Å²) in [5.41, 5.74) is 1.30. The molecule has 146 valence electrons. The molecule has 2 atom stereocenters. The lowest BCUT2D eigenvalue weighted by Crippen LogP contribution is -2.46. The van der Waals surface area contributed by atoms with Crippen LogP contribution in [0, 0.1) is 5.92 Å². The molecule has 0 bridgehead atoms. The molecule has 26 heavy (non-hydrogen) atoms. The van der Waals surface area contributed by atoms with Gasteiger partial charge in [-0.15, -0.1) is 0 Å². The van der Waals surface area contributed by atoms with Crippen LogP contribution in [-0.4, -0.2) is 33.0 Å². The van der Waals surface area contributed by atoms with Crippen molar-refractivity contribution in [2.24, 2.45) is 5.92 Å². The van der Waals surface area contributed by atoms with Crippen molar-refractivity contribution in [3.05, 3.63) is 29.8 Å². The number of alkyl halides is 3. The minimum atomic E-state index is -4.74. The first kappa shape index (κ1) is 19.5. The standard InChI is InChI=1S/C18H24F3NO3S/c19-18(20,21)12-26(23,24)22-17-4-2-1-3-15(17)11-25-16-9-7-14(8-10-16)13-5-6-13/h7-10,13,15,17,22H,1-6,11-12H2. The fraction of sp³-hybridized carbons (Fsp3) is 0.667. The Morgan fingerprint density at radius 2 is 1.69 bits per heavy atom. The van der Waals surface area contributed by atoms with Crippen molar-refractivity contribution in [3.63, 3.8) is 0 Å². The van der Waals surface area contributed by atoms with Crippen LogP contribution in [-0.2, 0) is 10.0 Å². The summed E-state index contributed by atoms with van der Waals surface area (Å²) in [6.07, 6.45) is 0.697. The van der Waals surface area contributed by atoms with Crippen molar-refractivity contribution in [3.8, 4) is 5.75 Å². The van der Waals surface area contributed by atoms with Crippen LogP contribution in [0.3, 0.4) is 0 Å². The molecule has 2 aliphatic carbocycles. The lowest BCUT2D eigenvalue weighted by Gasteiger charge is -2.32. The minimum absolute atomic E-state index is 0.130. The predicted molar refractivity (Wildman–Crippen MR) is 92.6 cm³/mol. The smallest absolute Gasteiger partial charge is 0.404 e. The van der Waals surface area contributed by atoms with Gasteiger partial charge in [0.2, 0.25) is 10.0 Å². The number of hydrogen-bond acceptors (Lipinski definition) is 3. The minimum Gasteiger partial charge on any atom is -0.493 e. The molecular weight excluding hydrogens is 367 g/mol. The highest BCUT2D eigenvalue weighted by Crippen LogP contribution is 2.40. The summed E-state index contributed by atoms with van der Waals surface area (Å²) < 4.78 is 68.8. The summed E-state index contributed by atoms with van der Waals surface area (Å²) in [6, 6.07) is 7.37. The fourth-order valence-corrected chi connectivity index (χ4v) is 4.79. The van der Waals surface area contributed by atoms with Crippen LogP contribution in [0.1, 0.15) is 50.0 Å². The molecule has 0 saturated heterocycles. The molecule has 1 N–H and O–H groups in total. The second kappa shape index (κ2) is 7.76. The van der Waals surface area contributed by atoms with Crippen LogP contribution in [0.2, 0.25) is 0 Å². The van der Waals surface area contributed by atoms with Gasteiger partial charge >= 0.3 is 6.18 Å². The fourth-order valence-electron chi connectivity index (χ4n) is 3.51. The Morgan fingerprint density at radius 3 is 2.31 bits per heavy atom. The first-order valence-electron chi connectivity index (χ1n) is 9.01. The van der Waals surface area contributed by atoms with E-state index in [0.717, 1.165) is 19.3 Å². The van der Waals surface area contributed by atoms with E-state index >= 15 is 0 Å². The maximum Gasteiger partial charge on any atom is 0.404 e. The number of rotatable bonds is 7. The van der Waals surface area contributed by atoms with Gasteiger partial charge in [0.1, 0.15) is 5.75 Å². The van der Waals surface area contributed by atoms with E-state index in [1.165, 1.54) is 18.4 Å². The van der Waals surface area contributed by atoms with E-state index in [4.69, 9.17) is 4.74 Å². The molecule has 1 aromatic rings. The molecule has 0 radical (unpaired) electrons. The van der Waals surface area contributed by atoms with Crippen LogP contribution in [0.5, 0.6) is 5.75 Å². The topological polar surface area (TPSA) is 55.4 Å². The van der Waals surface area contributed by atoms with Crippen molar-refractivity contribution in [1.82, 2.24) is 4.72 Å². The molecule has 2 unspecified atom stereocenters. The van der Waals surface area contributed by atoms with Crippen LogP contribution in [0.25, 0.3) is 0 Å². The second-order valence-electron chi connectivity index (χ2n) is 7.30. The Kier molecular flexibility index (Phi) is 5.81. The van der Waals surface area contributed by atoms with Gasteiger partial charge in [0.25, 0.3) is 0 Å². The van der Waals surface area contributed by atoms with Gasteiger partial charge in [-0.25, -0.2) is 13.1 Å². The van der Waals surface area contributed by atoms with Crippen molar-refractivity contribution in [1.29, 1.82) is 0 Å². The molecule has 4 nitrogen and oxygen atoms in total. The van der Waals surface area contributed by atoms with Gasteiger partial charge in [-0.1, -0.05) is 25.0 Å². The maximum absolute atomic E-state index is 12.4. The number of sulfonamides is 1. The average Bonchev–Trinajstić information content (AvgIpc) is 3.37. The van der Waals surface area contributed by atoms with E-state index in [9.17, 15) is 21.6 Å². The quantitative estimate of drug-likeness (QED) is 0.765. The summed E-state index contributed by atoms with van der Waals surface area (Å²) in [6.45, 7) is 0.294. The lowest BCUT2D eigenvalue weighted by atomic mass is 9.86. The highest BCUT2D eigenvalue weighted by atomic mass is 32.2. The van der Waals surface area contributed by atoms with Crippen LogP contribution in [0.4, 0.5) is 13.2 Å². The zero-order valence-electron chi connectivity index (χ0n) is 14.5. The third-order valence-corrected chi connectivity index (χ3v) is 6.36. The Morgan fingerprint density at radius 1 is 1.04 bits per heavy atom. The molecule has 0 aromatic heterocycles. The molecule has 2 aliphatic rings. The highest BCUT2D eigenvalue weighted by molar-refractivity contribution is 7.89. The molecule has 3 rings (SSSR count). The molecule has 1 aromatic carbocycles. The zero-order valence-corrected chi connectivity index (χ0v) is 15.3. The van der Waals surface area contributed by atoms with E-state index in [2.05, 4.69) is 4.72 Å². The molecule has 2 fully saturated rings.